The number of rotatable bonds is 8. The van der Waals surface area contributed by atoms with Crippen LogP contribution in [-0.4, -0.2) is 36.7 Å². The average Bonchev–Trinajstić information content (AvgIpc) is 2.67. The molecule has 0 aliphatic heterocycles. The highest BCUT2D eigenvalue weighted by atomic mass is 32.2. The quantitative estimate of drug-likeness (QED) is 0.511. The predicted octanol–water partition coefficient (Wildman–Crippen LogP) is 3.31. The molecule has 0 aromatic heterocycles. The third-order valence-electron chi connectivity index (χ3n) is 4.37. The van der Waals surface area contributed by atoms with Crippen molar-refractivity contribution in [3.05, 3.63) is 58.7 Å². The topological polar surface area (TPSA) is 84.5 Å². The van der Waals surface area contributed by atoms with E-state index in [0.29, 0.717) is 5.69 Å². The monoisotopic (exact) mass is 414 g/mol. The molecule has 2 amide bonds. The highest BCUT2D eigenvalue weighted by Crippen LogP contribution is 2.23. The van der Waals surface area contributed by atoms with Crippen molar-refractivity contribution in [3.8, 4) is 0 Å². The van der Waals surface area contributed by atoms with Crippen molar-refractivity contribution in [2.24, 2.45) is 0 Å². The second kappa shape index (κ2) is 10.7. The van der Waals surface area contributed by atoms with Gasteiger partial charge in [-0.1, -0.05) is 29.8 Å². The van der Waals surface area contributed by atoms with Gasteiger partial charge in [-0.2, -0.15) is 0 Å². The molecule has 0 aliphatic rings. The highest BCUT2D eigenvalue weighted by molar-refractivity contribution is 8.00. The summed E-state index contributed by atoms with van der Waals surface area (Å²) >= 11 is 1.37. The first-order chi connectivity index (χ1) is 13.8. The fraction of sp³-hybridized carbons (Fsp3) is 0.318. The largest absolute Gasteiger partial charge is 0.455 e. The van der Waals surface area contributed by atoms with E-state index in [-0.39, 0.29) is 18.2 Å². The Labute approximate surface area is 175 Å². The summed E-state index contributed by atoms with van der Waals surface area (Å²) in [4.78, 5) is 36.7. The van der Waals surface area contributed by atoms with E-state index in [2.05, 4.69) is 10.6 Å². The Bertz CT molecular complexity index is 912. The van der Waals surface area contributed by atoms with Gasteiger partial charge in [0.25, 0.3) is 5.91 Å². The van der Waals surface area contributed by atoms with Gasteiger partial charge in [-0.3, -0.25) is 14.4 Å². The zero-order valence-electron chi connectivity index (χ0n) is 17.1. The van der Waals surface area contributed by atoms with Crippen LogP contribution in [0.15, 0.2) is 41.3 Å². The lowest BCUT2D eigenvalue weighted by Gasteiger charge is -2.11. The summed E-state index contributed by atoms with van der Waals surface area (Å²) < 4.78 is 4.97. The number of benzene rings is 2. The first-order valence-corrected chi connectivity index (χ1v) is 10.2. The van der Waals surface area contributed by atoms with Gasteiger partial charge in [0.1, 0.15) is 0 Å². The fourth-order valence-corrected chi connectivity index (χ4v) is 3.40. The molecule has 0 radical (unpaired) electrons. The summed E-state index contributed by atoms with van der Waals surface area (Å²) in [5.74, 6) is -1.23. The fourth-order valence-electron chi connectivity index (χ4n) is 2.60. The van der Waals surface area contributed by atoms with Crippen LogP contribution >= 0.6 is 11.8 Å². The Morgan fingerprint density at radius 3 is 2.45 bits per heavy atom. The minimum absolute atomic E-state index is 0.115. The number of carbonyl (C=O) groups excluding carboxylic acids is 3. The lowest BCUT2D eigenvalue weighted by atomic mass is 10.1. The van der Waals surface area contributed by atoms with Crippen LogP contribution in [-0.2, 0) is 19.1 Å². The summed E-state index contributed by atoms with van der Waals surface area (Å²) in [7, 11) is 0. The van der Waals surface area contributed by atoms with Crippen molar-refractivity contribution >= 4 is 35.2 Å². The smallest absolute Gasteiger partial charge is 0.316 e. The molecule has 2 rings (SSSR count). The number of esters is 1. The number of aryl methyl sites for hydroxylation is 3. The molecule has 2 aromatic rings. The van der Waals surface area contributed by atoms with Crippen LogP contribution in [0.2, 0.25) is 0 Å². The van der Waals surface area contributed by atoms with Gasteiger partial charge in [0, 0.05) is 10.6 Å². The van der Waals surface area contributed by atoms with Crippen molar-refractivity contribution in [2.45, 2.75) is 32.6 Å². The standard InChI is InChI=1S/C22H26N2O4S/c1-14-8-9-19(16(3)10-14)29-13-22(27)28-12-21(26)23-11-20(25)24-18-7-5-6-15(2)17(18)4/h5-10H,11-13H2,1-4H3,(H,23,26)(H,24,25). The summed E-state index contributed by atoms with van der Waals surface area (Å²) in [5, 5.41) is 5.20. The maximum Gasteiger partial charge on any atom is 0.316 e. The van der Waals surface area contributed by atoms with E-state index in [9.17, 15) is 14.4 Å². The second-order valence-corrected chi connectivity index (χ2v) is 7.81. The highest BCUT2D eigenvalue weighted by Gasteiger charge is 2.11. The first kappa shape index (κ1) is 22.5. The van der Waals surface area contributed by atoms with Crippen LogP contribution in [0.3, 0.4) is 0 Å². The molecule has 0 spiro atoms. The number of nitrogens with one attached hydrogen (secondary N) is 2. The maximum atomic E-state index is 12.0. The average molecular weight is 415 g/mol. The van der Waals surface area contributed by atoms with Crippen molar-refractivity contribution in [1.29, 1.82) is 0 Å². The first-order valence-electron chi connectivity index (χ1n) is 9.24. The van der Waals surface area contributed by atoms with E-state index >= 15 is 0 Å². The van der Waals surface area contributed by atoms with Crippen LogP contribution < -0.4 is 10.6 Å². The molecule has 0 saturated heterocycles. The SMILES string of the molecule is Cc1ccc(SCC(=O)OCC(=O)NCC(=O)Nc2cccc(C)c2C)c(C)c1. The number of hydrogen-bond donors (Lipinski definition) is 2. The third-order valence-corrected chi connectivity index (χ3v) is 5.51. The Balaban J connectivity index is 1.69. The lowest BCUT2D eigenvalue weighted by molar-refractivity contribution is -0.146. The van der Waals surface area contributed by atoms with Gasteiger partial charge >= 0.3 is 5.97 Å². The summed E-state index contributed by atoms with van der Waals surface area (Å²) in [6.07, 6.45) is 0. The lowest BCUT2D eigenvalue weighted by Crippen LogP contribution is -2.35. The van der Waals surface area contributed by atoms with Gasteiger partial charge in [0.05, 0.1) is 12.3 Å². The zero-order valence-corrected chi connectivity index (χ0v) is 17.9. The van der Waals surface area contributed by atoms with Crippen molar-refractivity contribution in [3.63, 3.8) is 0 Å². The van der Waals surface area contributed by atoms with Gasteiger partial charge in [-0.25, -0.2) is 0 Å². The molecule has 0 unspecified atom stereocenters. The summed E-state index contributed by atoms with van der Waals surface area (Å²) in [6, 6.07) is 11.6. The van der Waals surface area contributed by atoms with Crippen molar-refractivity contribution < 1.29 is 19.1 Å². The van der Waals surface area contributed by atoms with Gasteiger partial charge < -0.3 is 15.4 Å². The molecule has 29 heavy (non-hydrogen) atoms. The summed E-state index contributed by atoms with van der Waals surface area (Å²) in [6.45, 7) is 7.26. The third kappa shape index (κ3) is 7.27. The van der Waals surface area contributed by atoms with Crippen molar-refractivity contribution in [2.75, 3.05) is 24.2 Å². The number of carbonyl (C=O) groups is 3. The number of ether oxygens (including phenoxy) is 1. The molecular formula is C22H26N2O4S. The Hall–Kier alpha value is -2.80. The Morgan fingerprint density at radius 2 is 1.72 bits per heavy atom. The minimum atomic E-state index is -0.522. The normalized spacial score (nSPS) is 10.3. The molecule has 0 saturated carbocycles. The van der Waals surface area contributed by atoms with Crippen LogP contribution in [0.4, 0.5) is 5.69 Å². The number of hydrogen-bond acceptors (Lipinski definition) is 5. The molecule has 0 heterocycles. The zero-order chi connectivity index (χ0) is 21.4. The van der Waals surface area contributed by atoms with Gasteiger partial charge in [0.15, 0.2) is 6.61 Å². The molecule has 0 fully saturated rings. The van der Waals surface area contributed by atoms with E-state index in [0.717, 1.165) is 27.1 Å². The van der Waals surface area contributed by atoms with E-state index in [1.807, 2.05) is 58.0 Å². The second-order valence-electron chi connectivity index (χ2n) is 6.79. The van der Waals surface area contributed by atoms with E-state index in [1.54, 1.807) is 6.07 Å². The summed E-state index contributed by atoms with van der Waals surface area (Å²) in [5.41, 5.74) is 5.00. The molecule has 0 aliphatic carbocycles. The van der Waals surface area contributed by atoms with Gasteiger partial charge in [0.2, 0.25) is 5.91 Å². The van der Waals surface area contributed by atoms with Crippen LogP contribution in [0, 0.1) is 27.7 Å². The molecule has 0 bridgehead atoms. The predicted molar refractivity (Wildman–Crippen MR) is 115 cm³/mol. The molecule has 154 valence electrons. The molecular weight excluding hydrogens is 388 g/mol. The molecule has 2 aromatic carbocycles. The number of amides is 2. The van der Waals surface area contributed by atoms with Gasteiger partial charge in [-0.15, -0.1) is 11.8 Å². The van der Waals surface area contributed by atoms with Crippen LogP contribution in [0.1, 0.15) is 22.3 Å². The van der Waals surface area contributed by atoms with E-state index in [1.165, 1.54) is 11.8 Å². The Kier molecular flexibility index (Phi) is 8.27. The number of thioether (sulfide) groups is 1. The minimum Gasteiger partial charge on any atom is -0.455 e. The van der Waals surface area contributed by atoms with Crippen molar-refractivity contribution in [1.82, 2.24) is 5.32 Å². The van der Waals surface area contributed by atoms with Gasteiger partial charge in [-0.05, 0) is 56.5 Å². The van der Waals surface area contributed by atoms with E-state index < -0.39 is 18.5 Å². The maximum absolute atomic E-state index is 12.0. The molecule has 6 nitrogen and oxygen atoms in total. The van der Waals surface area contributed by atoms with Crippen LogP contribution in [0.5, 0.6) is 0 Å². The molecule has 2 N–H and O–H groups in total. The molecule has 0 atom stereocenters. The molecule has 7 heteroatoms. The van der Waals surface area contributed by atoms with E-state index in [4.69, 9.17) is 4.74 Å². The van der Waals surface area contributed by atoms with Crippen LogP contribution in [0.25, 0.3) is 0 Å². The number of anilines is 1. The Morgan fingerprint density at radius 1 is 0.966 bits per heavy atom.